The molecular formula is C10H17F3O3. The van der Waals surface area contributed by atoms with Gasteiger partial charge in [0.1, 0.15) is 0 Å². The molecule has 0 heterocycles. The highest BCUT2D eigenvalue weighted by molar-refractivity contribution is 4.96. The van der Waals surface area contributed by atoms with Crippen LogP contribution in [-0.4, -0.2) is 42.3 Å². The molecule has 0 amide bonds. The fraction of sp³-hybridized carbons (Fsp3) is 1.00. The van der Waals surface area contributed by atoms with Gasteiger partial charge >= 0.3 is 6.18 Å². The monoisotopic (exact) mass is 242 g/mol. The molecule has 0 bridgehead atoms. The lowest BCUT2D eigenvalue weighted by atomic mass is 9.69. The molecule has 0 saturated heterocycles. The Hall–Kier alpha value is -0.330. The highest BCUT2D eigenvalue weighted by atomic mass is 19.4. The molecule has 3 nitrogen and oxygen atoms in total. The van der Waals surface area contributed by atoms with Gasteiger partial charge in [-0.05, 0) is 25.7 Å². The van der Waals surface area contributed by atoms with E-state index < -0.39 is 17.2 Å². The lowest BCUT2D eigenvalue weighted by Gasteiger charge is -2.43. The average molecular weight is 242 g/mol. The second-order valence-electron chi connectivity index (χ2n) is 4.62. The number of rotatable bonds is 3. The number of methoxy groups -OCH3 is 1. The molecule has 0 aromatic carbocycles. The van der Waals surface area contributed by atoms with Gasteiger partial charge in [-0.2, -0.15) is 13.2 Å². The second kappa shape index (κ2) is 4.50. The van der Waals surface area contributed by atoms with E-state index in [0.717, 1.165) is 0 Å². The highest BCUT2D eigenvalue weighted by Crippen LogP contribution is 2.47. The molecule has 96 valence electrons. The van der Waals surface area contributed by atoms with Crippen molar-refractivity contribution in [1.82, 2.24) is 0 Å². The summed E-state index contributed by atoms with van der Waals surface area (Å²) in [6, 6.07) is 0. The van der Waals surface area contributed by atoms with Gasteiger partial charge in [-0.15, -0.1) is 0 Å². The summed E-state index contributed by atoms with van der Waals surface area (Å²) in [6.45, 7) is 0.00616. The van der Waals surface area contributed by atoms with Gasteiger partial charge < -0.3 is 14.9 Å². The van der Waals surface area contributed by atoms with Crippen LogP contribution in [-0.2, 0) is 4.74 Å². The van der Waals surface area contributed by atoms with Gasteiger partial charge in [0.05, 0.1) is 13.2 Å². The van der Waals surface area contributed by atoms with Crippen LogP contribution in [0.5, 0.6) is 0 Å². The maximum Gasteiger partial charge on any atom is 0.417 e. The molecular weight excluding hydrogens is 225 g/mol. The maximum absolute atomic E-state index is 12.5. The molecule has 2 N–H and O–H groups in total. The lowest BCUT2D eigenvalue weighted by Crippen LogP contribution is -2.51. The molecule has 1 saturated carbocycles. The summed E-state index contributed by atoms with van der Waals surface area (Å²) in [7, 11) is 1.45. The zero-order chi connectivity index (χ0) is 12.4. The fourth-order valence-electron chi connectivity index (χ4n) is 2.13. The number of halogens is 3. The molecule has 1 aliphatic rings. The van der Waals surface area contributed by atoms with Crippen molar-refractivity contribution >= 4 is 0 Å². The quantitative estimate of drug-likeness (QED) is 0.788. The van der Waals surface area contributed by atoms with Gasteiger partial charge in [0.2, 0.25) is 0 Å². The molecule has 0 aromatic rings. The zero-order valence-electron chi connectivity index (χ0n) is 9.18. The zero-order valence-corrected chi connectivity index (χ0v) is 9.18. The Morgan fingerprint density at radius 3 is 2.00 bits per heavy atom. The number of hydrogen-bond donors (Lipinski definition) is 2. The van der Waals surface area contributed by atoms with Crippen LogP contribution in [0.4, 0.5) is 13.2 Å². The van der Waals surface area contributed by atoms with Crippen molar-refractivity contribution in [1.29, 1.82) is 0 Å². The van der Waals surface area contributed by atoms with Crippen LogP contribution in [0.25, 0.3) is 0 Å². The first-order chi connectivity index (χ1) is 7.29. The van der Waals surface area contributed by atoms with Crippen molar-refractivity contribution in [2.75, 3.05) is 20.3 Å². The van der Waals surface area contributed by atoms with Crippen molar-refractivity contribution in [3.05, 3.63) is 0 Å². The van der Waals surface area contributed by atoms with Crippen LogP contribution < -0.4 is 0 Å². The lowest BCUT2D eigenvalue weighted by molar-refractivity contribution is -0.277. The molecule has 0 radical (unpaired) electrons. The number of aliphatic hydroxyl groups excluding tert-OH is 1. The Kier molecular flexibility index (Phi) is 3.87. The third-order valence-corrected chi connectivity index (χ3v) is 3.45. The molecule has 6 heteroatoms. The van der Waals surface area contributed by atoms with Gasteiger partial charge in [-0.1, -0.05) is 0 Å². The van der Waals surface area contributed by atoms with E-state index in [1.165, 1.54) is 7.11 Å². The van der Waals surface area contributed by atoms with E-state index in [2.05, 4.69) is 0 Å². The molecule has 1 fully saturated rings. The van der Waals surface area contributed by atoms with Crippen molar-refractivity contribution in [2.24, 2.45) is 5.41 Å². The average Bonchev–Trinajstić information content (AvgIpc) is 2.21. The molecule has 1 rings (SSSR count). The van der Waals surface area contributed by atoms with Gasteiger partial charge in [0.25, 0.3) is 0 Å². The van der Waals surface area contributed by atoms with Crippen LogP contribution in [0.15, 0.2) is 0 Å². The Labute approximate surface area is 92.2 Å². The first-order valence-corrected chi connectivity index (χ1v) is 5.18. The summed E-state index contributed by atoms with van der Waals surface area (Å²) in [5.74, 6) is 0. The van der Waals surface area contributed by atoms with Crippen molar-refractivity contribution < 1.29 is 28.1 Å². The van der Waals surface area contributed by atoms with Gasteiger partial charge in [0, 0.05) is 12.5 Å². The van der Waals surface area contributed by atoms with E-state index >= 15 is 0 Å². The molecule has 16 heavy (non-hydrogen) atoms. The van der Waals surface area contributed by atoms with E-state index in [1.807, 2.05) is 0 Å². The van der Waals surface area contributed by atoms with E-state index in [0.29, 0.717) is 0 Å². The summed E-state index contributed by atoms with van der Waals surface area (Å²) in [4.78, 5) is 0. The normalized spacial score (nSPS) is 36.4. The summed E-state index contributed by atoms with van der Waals surface area (Å²) < 4.78 is 42.5. The Balaban J connectivity index is 2.69. The summed E-state index contributed by atoms with van der Waals surface area (Å²) in [5.41, 5.74) is -3.23. The molecule has 0 unspecified atom stereocenters. The predicted molar refractivity (Wildman–Crippen MR) is 50.9 cm³/mol. The standard InChI is InChI=1S/C10H17F3O3/c1-16-7-8(6-14)2-4-9(15,5-3-8)10(11,12)13/h14-15H,2-7H2,1H3. The SMILES string of the molecule is COCC1(CO)CCC(O)(C(F)(F)F)CC1. The summed E-state index contributed by atoms with van der Waals surface area (Å²) in [5, 5.41) is 18.7. The summed E-state index contributed by atoms with van der Waals surface area (Å²) >= 11 is 0. The number of hydrogen-bond acceptors (Lipinski definition) is 3. The van der Waals surface area contributed by atoms with Crippen LogP contribution in [0.1, 0.15) is 25.7 Å². The number of ether oxygens (including phenoxy) is 1. The smallest absolute Gasteiger partial charge is 0.396 e. The van der Waals surface area contributed by atoms with E-state index in [9.17, 15) is 23.4 Å². The predicted octanol–water partition coefficient (Wildman–Crippen LogP) is 1.48. The molecule has 0 aliphatic heterocycles. The molecule has 0 atom stereocenters. The minimum absolute atomic E-state index is 0.118. The van der Waals surface area contributed by atoms with Gasteiger partial charge in [-0.3, -0.25) is 0 Å². The summed E-state index contributed by atoms with van der Waals surface area (Å²) in [6.07, 6.45) is -5.11. The minimum Gasteiger partial charge on any atom is -0.396 e. The topological polar surface area (TPSA) is 49.7 Å². The van der Waals surface area contributed by atoms with Crippen LogP contribution in [0.3, 0.4) is 0 Å². The molecule has 0 spiro atoms. The third-order valence-electron chi connectivity index (χ3n) is 3.45. The number of aliphatic hydroxyl groups is 2. The first kappa shape index (κ1) is 13.7. The fourth-order valence-corrected chi connectivity index (χ4v) is 2.13. The molecule has 0 aromatic heterocycles. The van der Waals surface area contributed by atoms with E-state index in [4.69, 9.17) is 4.74 Å². The van der Waals surface area contributed by atoms with Gasteiger partial charge in [0.15, 0.2) is 5.60 Å². The Morgan fingerprint density at radius 1 is 1.19 bits per heavy atom. The van der Waals surface area contributed by atoms with Gasteiger partial charge in [-0.25, -0.2) is 0 Å². The number of alkyl halides is 3. The van der Waals surface area contributed by atoms with Crippen LogP contribution in [0, 0.1) is 5.41 Å². The first-order valence-electron chi connectivity index (χ1n) is 5.18. The Bertz CT molecular complexity index is 232. The van der Waals surface area contributed by atoms with Crippen LogP contribution >= 0.6 is 0 Å². The highest BCUT2D eigenvalue weighted by Gasteiger charge is 2.56. The maximum atomic E-state index is 12.5. The van der Waals surface area contributed by atoms with E-state index in [1.54, 1.807) is 0 Å². The van der Waals surface area contributed by atoms with Crippen LogP contribution in [0.2, 0.25) is 0 Å². The minimum atomic E-state index is -4.60. The Morgan fingerprint density at radius 2 is 1.69 bits per heavy atom. The second-order valence-corrected chi connectivity index (χ2v) is 4.62. The van der Waals surface area contributed by atoms with E-state index in [-0.39, 0.29) is 38.9 Å². The van der Waals surface area contributed by atoms with Crippen molar-refractivity contribution in [2.45, 2.75) is 37.5 Å². The largest absolute Gasteiger partial charge is 0.417 e. The third kappa shape index (κ3) is 2.49. The van der Waals surface area contributed by atoms with Crippen molar-refractivity contribution in [3.63, 3.8) is 0 Å². The van der Waals surface area contributed by atoms with Crippen molar-refractivity contribution in [3.8, 4) is 0 Å². The molecule has 1 aliphatic carbocycles.